The van der Waals surface area contributed by atoms with Crippen LogP contribution in [0.25, 0.3) is 0 Å². The molecule has 0 radical (unpaired) electrons. The van der Waals surface area contributed by atoms with Gasteiger partial charge in [-0.05, 0) is 51.6 Å². The molecule has 1 amide bonds. The molecule has 0 saturated carbocycles. The summed E-state index contributed by atoms with van der Waals surface area (Å²) >= 11 is 0. The van der Waals surface area contributed by atoms with Crippen LogP contribution >= 0.6 is 0 Å². The van der Waals surface area contributed by atoms with Gasteiger partial charge >= 0.3 is 0 Å². The highest BCUT2D eigenvalue weighted by molar-refractivity contribution is 5.76. The Bertz CT molecular complexity index is 265. The fourth-order valence-electron chi connectivity index (χ4n) is 2.99. The van der Waals surface area contributed by atoms with Crippen molar-refractivity contribution in [1.29, 1.82) is 0 Å². The highest BCUT2D eigenvalue weighted by Gasteiger charge is 2.26. The molecule has 104 valence electrons. The third kappa shape index (κ3) is 3.95. The Morgan fingerprint density at radius 2 is 2.28 bits per heavy atom. The molecule has 0 aliphatic carbocycles. The zero-order chi connectivity index (χ0) is 12.8. The second kappa shape index (κ2) is 7.10. The average molecular weight is 254 g/mol. The first-order valence-electron chi connectivity index (χ1n) is 7.33. The molecule has 2 unspecified atom stereocenters. The number of carbonyl (C=O) groups is 1. The van der Waals surface area contributed by atoms with Gasteiger partial charge in [0.2, 0.25) is 5.91 Å². The number of amides is 1. The Kier molecular flexibility index (Phi) is 5.45. The van der Waals surface area contributed by atoms with Crippen LogP contribution in [-0.2, 0) is 9.53 Å². The predicted molar refractivity (Wildman–Crippen MR) is 71.4 cm³/mol. The minimum Gasteiger partial charge on any atom is -0.378 e. The summed E-state index contributed by atoms with van der Waals surface area (Å²) in [5, 5.41) is 3.19. The SMILES string of the molecule is CNCC1CCN(C(=O)CCC2CCCCO2)C1. The van der Waals surface area contributed by atoms with Gasteiger partial charge in [0.1, 0.15) is 0 Å². The molecule has 2 aliphatic rings. The maximum atomic E-state index is 12.1. The summed E-state index contributed by atoms with van der Waals surface area (Å²) in [7, 11) is 1.98. The lowest BCUT2D eigenvalue weighted by Gasteiger charge is -2.23. The van der Waals surface area contributed by atoms with E-state index in [2.05, 4.69) is 5.32 Å². The molecule has 0 aromatic heterocycles. The lowest BCUT2D eigenvalue weighted by molar-refractivity contribution is -0.131. The van der Waals surface area contributed by atoms with E-state index in [9.17, 15) is 4.79 Å². The molecule has 0 aromatic carbocycles. The number of rotatable bonds is 5. The van der Waals surface area contributed by atoms with Crippen LogP contribution in [0.3, 0.4) is 0 Å². The largest absolute Gasteiger partial charge is 0.378 e. The molecule has 4 nitrogen and oxygen atoms in total. The van der Waals surface area contributed by atoms with Crippen molar-refractivity contribution in [3.63, 3.8) is 0 Å². The van der Waals surface area contributed by atoms with Crippen molar-refractivity contribution >= 4 is 5.91 Å². The zero-order valence-electron chi connectivity index (χ0n) is 11.5. The third-order valence-electron chi connectivity index (χ3n) is 4.09. The fraction of sp³-hybridized carbons (Fsp3) is 0.929. The van der Waals surface area contributed by atoms with Gasteiger partial charge in [-0.1, -0.05) is 0 Å². The Morgan fingerprint density at radius 3 is 3.00 bits per heavy atom. The summed E-state index contributed by atoms with van der Waals surface area (Å²) in [6, 6.07) is 0. The molecule has 1 N–H and O–H groups in total. The second-order valence-electron chi connectivity index (χ2n) is 5.58. The number of likely N-dealkylation sites (tertiary alicyclic amines) is 1. The van der Waals surface area contributed by atoms with Crippen LogP contribution in [0.5, 0.6) is 0 Å². The summed E-state index contributed by atoms with van der Waals surface area (Å²) in [5.41, 5.74) is 0. The number of ether oxygens (including phenoxy) is 1. The van der Waals surface area contributed by atoms with E-state index in [-0.39, 0.29) is 0 Å². The first kappa shape index (κ1) is 13.8. The van der Waals surface area contributed by atoms with Crippen molar-refractivity contribution in [3.05, 3.63) is 0 Å². The Morgan fingerprint density at radius 1 is 1.39 bits per heavy atom. The molecule has 0 aromatic rings. The Labute approximate surface area is 110 Å². The number of nitrogens with one attached hydrogen (secondary N) is 1. The fourth-order valence-corrected chi connectivity index (χ4v) is 2.99. The molecule has 2 aliphatic heterocycles. The molecule has 2 rings (SSSR count). The molecule has 0 spiro atoms. The molecular weight excluding hydrogens is 228 g/mol. The predicted octanol–water partition coefficient (Wildman–Crippen LogP) is 1.40. The Hall–Kier alpha value is -0.610. The van der Waals surface area contributed by atoms with Crippen LogP contribution in [-0.4, -0.2) is 50.2 Å². The highest BCUT2D eigenvalue weighted by atomic mass is 16.5. The Balaban J connectivity index is 1.65. The molecule has 2 atom stereocenters. The van der Waals surface area contributed by atoms with Gasteiger partial charge in [0.25, 0.3) is 0 Å². The van der Waals surface area contributed by atoms with Crippen LogP contribution in [0.2, 0.25) is 0 Å². The van der Waals surface area contributed by atoms with Gasteiger partial charge in [-0.2, -0.15) is 0 Å². The van der Waals surface area contributed by atoms with E-state index in [1.165, 1.54) is 12.8 Å². The number of carbonyl (C=O) groups excluding carboxylic acids is 1. The van der Waals surface area contributed by atoms with Crippen LogP contribution in [0.1, 0.15) is 38.5 Å². The molecule has 2 heterocycles. The molecule has 2 fully saturated rings. The monoisotopic (exact) mass is 254 g/mol. The van der Waals surface area contributed by atoms with Crippen molar-refractivity contribution in [2.75, 3.05) is 33.3 Å². The standard InChI is InChI=1S/C14H26N2O2/c1-15-10-12-7-8-16(11-12)14(17)6-5-13-4-2-3-9-18-13/h12-13,15H,2-11H2,1H3. The summed E-state index contributed by atoms with van der Waals surface area (Å²) < 4.78 is 5.67. The quantitative estimate of drug-likeness (QED) is 0.806. The van der Waals surface area contributed by atoms with Gasteiger partial charge in [0.05, 0.1) is 6.10 Å². The molecule has 18 heavy (non-hydrogen) atoms. The number of hydrogen-bond donors (Lipinski definition) is 1. The minimum atomic E-state index is 0.322. The van der Waals surface area contributed by atoms with Crippen LogP contribution in [0.15, 0.2) is 0 Å². The van der Waals surface area contributed by atoms with Crippen molar-refractivity contribution in [2.24, 2.45) is 5.92 Å². The first-order chi connectivity index (χ1) is 8.79. The summed E-state index contributed by atoms with van der Waals surface area (Å²) in [6.45, 7) is 3.78. The van der Waals surface area contributed by atoms with E-state index in [1.54, 1.807) is 0 Å². The van der Waals surface area contributed by atoms with E-state index >= 15 is 0 Å². The lowest BCUT2D eigenvalue weighted by Crippen LogP contribution is -2.31. The van der Waals surface area contributed by atoms with Crippen molar-refractivity contribution in [3.8, 4) is 0 Å². The molecular formula is C14H26N2O2. The summed E-state index contributed by atoms with van der Waals surface area (Å²) in [6.07, 6.45) is 6.62. The highest BCUT2D eigenvalue weighted by Crippen LogP contribution is 2.20. The van der Waals surface area contributed by atoms with E-state index < -0.39 is 0 Å². The van der Waals surface area contributed by atoms with E-state index in [0.29, 0.717) is 24.3 Å². The van der Waals surface area contributed by atoms with Crippen LogP contribution in [0, 0.1) is 5.92 Å². The normalized spacial score (nSPS) is 28.6. The zero-order valence-corrected chi connectivity index (χ0v) is 11.5. The van der Waals surface area contributed by atoms with Gasteiger partial charge in [0.15, 0.2) is 0 Å². The first-order valence-corrected chi connectivity index (χ1v) is 7.33. The third-order valence-corrected chi connectivity index (χ3v) is 4.09. The number of hydrogen-bond acceptors (Lipinski definition) is 3. The second-order valence-corrected chi connectivity index (χ2v) is 5.58. The van der Waals surface area contributed by atoms with Gasteiger partial charge in [-0.25, -0.2) is 0 Å². The van der Waals surface area contributed by atoms with Crippen LogP contribution in [0.4, 0.5) is 0 Å². The van der Waals surface area contributed by atoms with E-state index in [1.807, 2.05) is 11.9 Å². The average Bonchev–Trinajstić information content (AvgIpc) is 2.86. The molecule has 0 bridgehead atoms. The van der Waals surface area contributed by atoms with E-state index in [4.69, 9.17) is 4.74 Å². The van der Waals surface area contributed by atoms with Crippen molar-refractivity contribution < 1.29 is 9.53 Å². The lowest BCUT2D eigenvalue weighted by atomic mass is 10.0. The maximum absolute atomic E-state index is 12.1. The summed E-state index contributed by atoms with van der Waals surface area (Å²) in [4.78, 5) is 14.1. The van der Waals surface area contributed by atoms with Gasteiger partial charge in [-0.15, -0.1) is 0 Å². The van der Waals surface area contributed by atoms with Gasteiger partial charge < -0.3 is 15.0 Å². The minimum absolute atomic E-state index is 0.322. The maximum Gasteiger partial charge on any atom is 0.222 e. The van der Waals surface area contributed by atoms with Crippen molar-refractivity contribution in [1.82, 2.24) is 10.2 Å². The van der Waals surface area contributed by atoms with Crippen molar-refractivity contribution in [2.45, 2.75) is 44.6 Å². The topological polar surface area (TPSA) is 41.6 Å². The number of nitrogens with zero attached hydrogens (tertiary/aromatic N) is 1. The van der Waals surface area contributed by atoms with Gasteiger partial charge in [-0.3, -0.25) is 4.79 Å². The van der Waals surface area contributed by atoms with Crippen LogP contribution < -0.4 is 5.32 Å². The molecule has 4 heteroatoms. The summed E-state index contributed by atoms with van der Waals surface area (Å²) in [5.74, 6) is 0.965. The van der Waals surface area contributed by atoms with E-state index in [0.717, 1.165) is 45.5 Å². The smallest absolute Gasteiger partial charge is 0.222 e. The van der Waals surface area contributed by atoms with Gasteiger partial charge in [0, 0.05) is 26.1 Å². The molecule has 2 saturated heterocycles.